The van der Waals surface area contributed by atoms with Gasteiger partial charge < -0.3 is 0 Å². The van der Waals surface area contributed by atoms with Crippen molar-refractivity contribution >= 4 is 5.78 Å². The first-order chi connectivity index (χ1) is 7.76. The van der Waals surface area contributed by atoms with Gasteiger partial charge in [0.25, 0.3) is 0 Å². The van der Waals surface area contributed by atoms with Gasteiger partial charge in [-0.3, -0.25) is 4.79 Å². The molecule has 0 amide bonds. The smallest absolute Gasteiger partial charge is 0.141 e. The minimum absolute atomic E-state index is 0.0666. The Bertz CT molecular complexity index is 350. The first kappa shape index (κ1) is 11.7. The van der Waals surface area contributed by atoms with E-state index in [9.17, 15) is 4.79 Å². The maximum absolute atomic E-state index is 12.7. The number of rotatable bonds is 2. The second kappa shape index (κ2) is 3.16. The molecule has 4 aliphatic carbocycles. The van der Waals surface area contributed by atoms with Gasteiger partial charge in [-0.05, 0) is 55.3 Å². The number of hydrogen-bond acceptors (Lipinski definition) is 1. The molecule has 0 heterocycles. The summed E-state index contributed by atoms with van der Waals surface area (Å²) in [6, 6.07) is 0. The standard InChI is InChI=1S/C16H26O/c1-11(2)13(17)16-7-12-5-14(3,9-16)8-15(4,6-12)10-16/h11-12H,5-10H2,1-4H3. The lowest BCUT2D eigenvalue weighted by molar-refractivity contribution is -0.170. The Morgan fingerprint density at radius 3 is 1.94 bits per heavy atom. The monoisotopic (exact) mass is 234 g/mol. The van der Waals surface area contributed by atoms with Crippen LogP contribution < -0.4 is 0 Å². The first-order valence-electron chi connectivity index (χ1n) is 7.30. The van der Waals surface area contributed by atoms with E-state index in [2.05, 4.69) is 27.7 Å². The van der Waals surface area contributed by atoms with Crippen molar-refractivity contribution in [2.75, 3.05) is 0 Å². The molecular weight excluding hydrogens is 208 g/mol. The minimum Gasteiger partial charge on any atom is -0.299 e. The van der Waals surface area contributed by atoms with Crippen molar-refractivity contribution < 1.29 is 4.79 Å². The van der Waals surface area contributed by atoms with Crippen molar-refractivity contribution in [3.05, 3.63) is 0 Å². The second-order valence-electron chi connectivity index (χ2n) is 8.43. The highest BCUT2D eigenvalue weighted by Crippen LogP contribution is 2.70. The molecule has 4 bridgehead atoms. The summed E-state index contributed by atoms with van der Waals surface area (Å²) >= 11 is 0. The highest BCUT2D eigenvalue weighted by molar-refractivity contribution is 5.87. The van der Waals surface area contributed by atoms with Crippen LogP contribution in [0.25, 0.3) is 0 Å². The van der Waals surface area contributed by atoms with Gasteiger partial charge in [-0.15, -0.1) is 0 Å². The molecular formula is C16H26O. The molecule has 4 aliphatic rings. The van der Waals surface area contributed by atoms with Crippen LogP contribution >= 0.6 is 0 Å². The highest BCUT2D eigenvalue weighted by Gasteiger charge is 2.62. The fourth-order valence-electron chi connectivity index (χ4n) is 6.33. The molecule has 0 aromatic rings. The first-order valence-corrected chi connectivity index (χ1v) is 7.30. The molecule has 0 radical (unpaired) electrons. The molecule has 2 atom stereocenters. The summed E-state index contributed by atoms with van der Waals surface area (Å²) in [4.78, 5) is 12.7. The van der Waals surface area contributed by atoms with E-state index in [0.717, 1.165) is 5.92 Å². The topological polar surface area (TPSA) is 17.1 Å². The Balaban J connectivity index is 2.00. The van der Waals surface area contributed by atoms with Gasteiger partial charge in [0.05, 0.1) is 0 Å². The summed E-state index contributed by atoms with van der Waals surface area (Å²) in [6.07, 6.45) is 7.70. The van der Waals surface area contributed by atoms with Gasteiger partial charge in [-0.2, -0.15) is 0 Å². The van der Waals surface area contributed by atoms with Crippen molar-refractivity contribution in [1.82, 2.24) is 0 Å². The fourth-order valence-corrected chi connectivity index (χ4v) is 6.33. The Morgan fingerprint density at radius 2 is 1.53 bits per heavy atom. The van der Waals surface area contributed by atoms with Crippen LogP contribution in [0.5, 0.6) is 0 Å². The van der Waals surface area contributed by atoms with Crippen LogP contribution in [0.15, 0.2) is 0 Å². The molecule has 96 valence electrons. The van der Waals surface area contributed by atoms with Crippen LogP contribution in [-0.2, 0) is 4.79 Å². The van der Waals surface area contributed by atoms with Crippen LogP contribution in [0.4, 0.5) is 0 Å². The van der Waals surface area contributed by atoms with E-state index < -0.39 is 0 Å². The van der Waals surface area contributed by atoms with Gasteiger partial charge in [0.15, 0.2) is 0 Å². The molecule has 0 aromatic heterocycles. The van der Waals surface area contributed by atoms with Gasteiger partial charge >= 0.3 is 0 Å². The van der Waals surface area contributed by atoms with Crippen LogP contribution in [-0.4, -0.2) is 5.78 Å². The normalized spacial score (nSPS) is 52.2. The molecule has 0 N–H and O–H groups in total. The zero-order chi connectivity index (χ0) is 12.5. The Morgan fingerprint density at radius 1 is 1.00 bits per heavy atom. The number of carbonyl (C=O) groups excluding carboxylic acids is 1. The zero-order valence-corrected chi connectivity index (χ0v) is 11.8. The third kappa shape index (κ3) is 1.61. The molecule has 4 saturated carbocycles. The lowest BCUT2D eigenvalue weighted by atomic mass is 9.39. The van der Waals surface area contributed by atoms with Gasteiger partial charge in [-0.25, -0.2) is 0 Å². The van der Waals surface area contributed by atoms with Crippen molar-refractivity contribution in [2.24, 2.45) is 28.1 Å². The zero-order valence-electron chi connectivity index (χ0n) is 11.8. The third-order valence-electron chi connectivity index (χ3n) is 5.67. The molecule has 0 aromatic carbocycles. The lowest BCUT2D eigenvalue weighted by Crippen LogP contribution is -2.58. The van der Waals surface area contributed by atoms with E-state index in [4.69, 9.17) is 0 Å². The molecule has 17 heavy (non-hydrogen) atoms. The maximum Gasteiger partial charge on any atom is 0.141 e. The van der Waals surface area contributed by atoms with Crippen LogP contribution in [0, 0.1) is 28.1 Å². The molecule has 0 aliphatic heterocycles. The third-order valence-corrected chi connectivity index (χ3v) is 5.67. The van der Waals surface area contributed by atoms with Crippen molar-refractivity contribution in [3.63, 3.8) is 0 Å². The van der Waals surface area contributed by atoms with E-state index in [1.165, 1.54) is 38.5 Å². The molecule has 2 unspecified atom stereocenters. The molecule has 4 fully saturated rings. The Labute approximate surface area is 105 Å². The van der Waals surface area contributed by atoms with Crippen LogP contribution in [0.3, 0.4) is 0 Å². The van der Waals surface area contributed by atoms with Crippen LogP contribution in [0.1, 0.15) is 66.2 Å². The van der Waals surface area contributed by atoms with Crippen LogP contribution in [0.2, 0.25) is 0 Å². The predicted octanol–water partition coefficient (Wildman–Crippen LogP) is 4.21. The predicted molar refractivity (Wildman–Crippen MR) is 69.7 cm³/mol. The van der Waals surface area contributed by atoms with E-state index >= 15 is 0 Å². The number of Topliss-reactive ketones (excluding diaryl/α,β-unsaturated/α-hetero) is 1. The van der Waals surface area contributed by atoms with Crippen molar-refractivity contribution in [3.8, 4) is 0 Å². The largest absolute Gasteiger partial charge is 0.299 e. The lowest BCUT2D eigenvalue weighted by Gasteiger charge is -2.65. The van der Waals surface area contributed by atoms with Gasteiger partial charge in [0.1, 0.15) is 5.78 Å². The summed E-state index contributed by atoms with van der Waals surface area (Å²) in [5.41, 5.74) is 1.01. The molecule has 1 nitrogen and oxygen atoms in total. The summed E-state index contributed by atoms with van der Waals surface area (Å²) in [5, 5.41) is 0. The van der Waals surface area contributed by atoms with E-state index in [0.29, 0.717) is 16.6 Å². The molecule has 0 saturated heterocycles. The van der Waals surface area contributed by atoms with Gasteiger partial charge in [0.2, 0.25) is 0 Å². The van der Waals surface area contributed by atoms with E-state index in [1.807, 2.05) is 0 Å². The fraction of sp³-hybridized carbons (Fsp3) is 0.938. The van der Waals surface area contributed by atoms with Gasteiger partial charge in [0, 0.05) is 11.3 Å². The second-order valence-corrected chi connectivity index (χ2v) is 8.43. The highest BCUT2D eigenvalue weighted by atomic mass is 16.1. The molecule has 4 rings (SSSR count). The summed E-state index contributed by atoms with van der Waals surface area (Å²) in [7, 11) is 0. The van der Waals surface area contributed by atoms with E-state index in [1.54, 1.807) is 0 Å². The molecule has 1 heteroatoms. The average Bonchev–Trinajstić information content (AvgIpc) is 2.10. The van der Waals surface area contributed by atoms with Crippen molar-refractivity contribution in [1.29, 1.82) is 0 Å². The van der Waals surface area contributed by atoms with Gasteiger partial charge in [-0.1, -0.05) is 27.7 Å². The Kier molecular flexibility index (Phi) is 2.18. The number of hydrogen-bond donors (Lipinski definition) is 0. The average molecular weight is 234 g/mol. The summed E-state index contributed by atoms with van der Waals surface area (Å²) in [5.74, 6) is 1.63. The number of carbonyl (C=O) groups is 1. The number of ketones is 1. The van der Waals surface area contributed by atoms with Crippen molar-refractivity contribution in [2.45, 2.75) is 66.2 Å². The minimum atomic E-state index is 0.0666. The SMILES string of the molecule is CC(C)C(=O)C12CC3CC(C)(CC(C)(C3)C1)C2. The quantitative estimate of drug-likeness (QED) is 0.699. The molecule has 0 spiro atoms. The van der Waals surface area contributed by atoms with E-state index in [-0.39, 0.29) is 11.3 Å². The maximum atomic E-state index is 12.7. The Hall–Kier alpha value is -0.330. The summed E-state index contributed by atoms with van der Waals surface area (Å²) < 4.78 is 0. The summed E-state index contributed by atoms with van der Waals surface area (Å²) in [6.45, 7) is 9.06.